The zero-order valence-corrected chi connectivity index (χ0v) is 19.7. The minimum Gasteiger partial charge on any atom is -0.326 e. The Kier molecular flexibility index (Phi) is 6.74. The number of rotatable bonds is 7. The number of aromatic nitrogens is 2. The topological polar surface area (TPSA) is 138 Å². The lowest BCUT2D eigenvalue weighted by Gasteiger charge is -2.30. The number of sulfonamides is 2. The molecule has 1 aliphatic rings. The van der Waals surface area contributed by atoms with Crippen molar-refractivity contribution in [2.24, 2.45) is 5.92 Å². The number of piperidine rings is 1. The SMILES string of the molecule is O=C(Nc1ccc(S(=O)(=O)Nc2ncccn2)cc1)[C@@H]1CCCN(S(=O)(=O)c2cccs2)C1. The van der Waals surface area contributed by atoms with Crippen molar-refractivity contribution in [2.45, 2.75) is 21.9 Å². The van der Waals surface area contributed by atoms with E-state index in [0.29, 0.717) is 25.1 Å². The minimum absolute atomic E-state index is 0.0150. The summed E-state index contributed by atoms with van der Waals surface area (Å²) >= 11 is 1.15. The Morgan fingerprint density at radius 1 is 1.03 bits per heavy atom. The van der Waals surface area contributed by atoms with Crippen molar-refractivity contribution in [3.63, 3.8) is 0 Å². The lowest BCUT2D eigenvalue weighted by molar-refractivity contribution is -0.120. The first-order valence-electron chi connectivity index (χ1n) is 10.0. The van der Waals surface area contributed by atoms with Crippen LogP contribution in [-0.4, -0.2) is 50.1 Å². The van der Waals surface area contributed by atoms with E-state index in [1.165, 1.54) is 41.0 Å². The Morgan fingerprint density at radius 2 is 1.76 bits per heavy atom. The summed E-state index contributed by atoms with van der Waals surface area (Å²) in [6.07, 6.45) is 3.98. The van der Waals surface area contributed by atoms with Gasteiger partial charge in [0.2, 0.25) is 11.9 Å². The molecule has 1 aliphatic heterocycles. The Balaban J connectivity index is 1.40. The molecule has 3 aromatic rings. The number of thiophene rings is 1. The van der Waals surface area contributed by atoms with Gasteiger partial charge in [0.05, 0.1) is 10.8 Å². The van der Waals surface area contributed by atoms with Gasteiger partial charge in [0.1, 0.15) is 4.21 Å². The van der Waals surface area contributed by atoms with Crippen LogP contribution < -0.4 is 10.0 Å². The summed E-state index contributed by atoms with van der Waals surface area (Å²) in [5.74, 6) is -0.865. The molecule has 0 bridgehead atoms. The normalized spacial score (nSPS) is 17.4. The Labute approximate surface area is 195 Å². The molecule has 174 valence electrons. The number of carbonyl (C=O) groups is 1. The summed E-state index contributed by atoms with van der Waals surface area (Å²) in [7, 11) is -7.50. The van der Waals surface area contributed by atoms with Gasteiger partial charge >= 0.3 is 0 Å². The van der Waals surface area contributed by atoms with Gasteiger partial charge in [-0.25, -0.2) is 31.5 Å². The van der Waals surface area contributed by atoms with Crippen LogP contribution >= 0.6 is 11.3 Å². The van der Waals surface area contributed by atoms with Crippen LogP contribution in [0.4, 0.5) is 11.6 Å². The lowest BCUT2D eigenvalue weighted by atomic mass is 9.99. The molecule has 4 rings (SSSR count). The molecule has 0 spiro atoms. The molecule has 33 heavy (non-hydrogen) atoms. The number of nitrogens with zero attached hydrogens (tertiary/aromatic N) is 3. The molecule has 2 aromatic heterocycles. The fourth-order valence-corrected chi connectivity index (χ4v) is 7.03. The Hall–Kier alpha value is -2.87. The highest BCUT2D eigenvalue weighted by atomic mass is 32.2. The van der Waals surface area contributed by atoms with Crippen LogP contribution in [0.1, 0.15) is 12.8 Å². The van der Waals surface area contributed by atoms with E-state index in [-0.39, 0.29) is 27.5 Å². The standard InChI is InChI=1S/C20H21N5O5S3/c26-19(15-4-1-12-25(14-15)33(29,30)18-5-2-13-31-18)23-16-6-8-17(9-7-16)32(27,28)24-20-21-10-3-11-22-20/h2-3,5-11,13,15H,1,4,12,14H2,(H,23,26)(H,21,22,24)/t15-/m1/s1. The zero-order chi connectivity index (χ0) is 23.5. The van der Waals surface area contributed by atoms with E-state index in [2.05, 4.69) is 20.0 Å². The molecule has 1 atom stereocenters. The summed E-state index contributed by atoms with van der Waals surface area (Å²) < 4.78 is 54.4. The molecule has 0 saturated carbocycles. The van der Waals surface area contributed by atoms with E-state index in [9.17, 15) is 21.6 Å². The van der Waals surface area contributed by atoms with Crippen LogP contribution in [-0.2, 0) is 24.8 Å². The van der Waals surface area contributed by atoms with Gasteiger partial charge in [-0.1, -0.05) is 6.07 Å². The van der Waals surface area contributed by atoms with Gasteiger partial charge in [0.25, 0.3) is 20.0 Å². The molecule has 1 fully saturated rings. The molecule has 0 unspecified atom stereocenters. The first-order chi connectivity index (χ1) is 15.8. The van der Waals surface area contributed by atoms with Crippen molar-refractivity contribution in [3.05, 3.63) is 60.2 Å². The van der Waals surface area contributed by atoms with Crippen molar-refractivity contribution in [1.29, 1.82) is 0 Å². The molecular weight excluding hydrogens is 486 g/mol. The van der Waals surface area contributed by atoms with E-state index in [0.717, 1.165) is 11.3 Å². The summed E-state index contributed by atoms with van der Waals surface area (Å²) in [6.45, 7) is 0.466. The minimum atomic E-state index is -3.88. The molecule has 1 saturated heterocycles. The van der Waals surface area contributed by atoms with Crippen LogP contribution in [0, 0.1) is 5.92 Å². The van der Waals surface area contributed by atoms with E-state index >= 15 is 0 Å². The van der Waals surface area contributed by atoms with Gasteiger partial charge in [0.15, 0.2) is 0 Å². The van der Waals surface area contributed by atoms with Crippen molar-refractivity contribution in [2.75, 3.05) is 23.1 Å². The highest BCUT2D eigenvalue weighted by molar-refractivity contribution is 7.92. The van der Waals surface area contributed by atoms with Gasteiger partial charge in [0, 0.05) is 31.2 Å². The summed E-state index contributed by atoms with van der Waals surface area (Å²) in [5.41, 5.74) is 0.410. The third-order valence-corrected chi connectivity index (χ3v) is 9.65. The second-order valence-electron chi connectivity index (χ2n) is 7.33. The van der Waals surface area contributed by atoms with Crippen LogP contribution in [0.2, 0.25) is 0 Å². The summed E-state index contributed by atoms with van der Waals surface area (Å²) in [4.78, 5) is 20.4. The summed E-state index contributed by atoms with van der Waals surface area (Å²) in [6, 6.07) is 10.5. The van der Waals surface area contributed by atoms with Gasteiger partial charge < -0.3 is 5.32 Å². The maximum Gasteiger partial charge on any atom is 0.264 e. The number of hydrogen-bond acceptors (Lipinski definition) is 8. The second-order valence-corrected chi connectivity index (χ2v) is 12.1. The Bertz CT molecular complexity index is 1310. The van der Waals surface area contributed by atoms with E-state index in [4.69, 9.17) is 0 Å². The van der Waals surface area contributed by atoms with E-state index in [1.807, 2.05) is 0 Å². The van der Waals surface area contributed by atoms with Crippen molar-refractivity contribution in [3.8, 4) is 0 Å². The predicted octanol–water partition coefficient (Wildman–Crippen LogP) is 2.38. The number of amides is 1. The van der Waals surface area contributed by atoms with Gasteiger partial charge in [-0.3, -0.25) is 4.79 Å². The van der Waals surface area contributed by atoms with E-state index < -0.39 is 26.0 Å². The second kappa shape index (κ2) is 9.55. The summed E-state index contributed by atoms with van der Waals surface area (Å²) in [5, 5.41) is 4.45. The molecule has 10 nitrogen and oxygen atoms in total. The fourth-order valence-electron chi connectivity index (χ4n) is 3.40. The highest BCUT2D eigenvalue weighted by Crippen LogP contribution is 2.27. The zero-order valence-electron chi connectivity index (χ0n) is 17.3. The average Bonchev–Trinajstić information content (AvgIpc) is 3.36. The quantitative estimate of drug-likeness (QED) is 0.501. The number of hydrogen-bond donors (Lipinski definition) is 2. The highest BCUT2D eigenvalue weighted by Gasteiger charge is 2.33. The van der Waals surface area contributed by atoms with Crippen molar-refractivity contribution >= 4 is 48.9 Å². The maximum absolute atomic E-state index is 12.8. The van der Waals surface area contributed by atoms with Crippen LogP contribution in [0.15, 0.2) is 69.3 Å². The molecule has 0 radical (unpaired) electrons. The van der Waals surface area contributed by atoms with Gasteiger partial charge in [-0.15, -0.1) is 11.3 Å². The first kappa shape index (κ1) is 23.3. The van der Waals surface area contributed by atoms with E-state index in [1.54, 1.807) is 23.6 Å². The molecule has 0 aliphatic carbocycles. The predicted molar refractivity (Wildman–Crippen MR) is 124 cm³/mol. The smallest absolute Gasteiger partial charge is 0.264 e. The average molecular weight is 508 g/mol. The maximum atomic E-state index is 12.8. The Morgan fingerprint density at radius 3 is 2.42 bits per heavy atom. The van der Waals surface area contributed by atoms with Gasteiger partial charge in [-0.05, 0) is 54.6 Å². The van der Waals surface area contributed by atoms with Crippen molar-refractivity contribution in [1.82, 2.24) is 14.3 Å². The molecule has 3 heterocycles. The number of nitrogens with one attached hydrogen (secondary N) is 2. The van der Waals surface area contributed by atoms with Gasteiger partial charge in [-0.2, -0.15) is 4.31 Å². The van der Waals surface area contributed by atoms with Crippen LogP contribution in [0.5, 0.6) is 0 Å². The number of carbonyl (C=O) groups excluding carboxylic acids is 1. The third kappa shape index (κ3) is 5.38. The van der Waals surface area contributed by atoms with Crippen LogP contribution in [0.3, 0.4) is 0 Å². The lowest BCUT2D eigenvalue weighted by Crippen LogP contribution is -2.43. The monoisotopic (exact) mass is 507 g/mol. The largest absolute Gasteiger partial charge is 0.326 e. The molecule has 2 N–H and O–H groups in total. The van der Waals surface area contributed by atoms with Crippen molar-refractivity contribution < 1.29 is 21.6 Å². The molecule has 1 amide bonds. The fraction of sp³-hybridized carbons (Fsp3) is 0.250. The molecule has 13 heteroatoms. The molecule has 1 aromatic carbocycles. The number of benzene rings is 1. The third-order valence-electron chi connectivity index (χ3n) is 5.07. The number of anilines is 2. The van der Waals surface area contributed by atoms with Crippen LogP contribution in [0.25, 0.3) is 0 Å². The first-order valence-corrected chi connectivity index (χ1v) is 13.8. The molecular formula is C20H21N5O5S3.